The normalized spacial score (nSPS) is 15.1. The Hall–Kier alpha value is -3.84. The van der Waals surface area contributed by atoms with Gasteiger partial charge in [-0.3, -0.25) is 14.4 Å². The Labute approximate surface area is 311 Å². The summed E-state index contributed by atoms with van der Waals surface area (Å²) in [4.78, 5) is 42.7. The summed E-state index contributed by atoms with van der Waals surface area (Å²) in [5.41, 5.74) is 0.359. The number of ether oxygens (including phenoxy) is 1. The molecule has 0 bridgehead atoms. The fraction of sp³-hybridized carbons (Fsp3) is 0.525. The van der Waals surface area contributed by atoms with E-state index in [2.05, 4.69) is 15.6 Å². The molecule has 0 aliphatic heterocycles. The van der Waals surface area contributed by atoms with Gasteiger partial charge < -0.3 is 19.5 Å². The van der Waals surface area contributed by atoms with Gasteiger partial charge in [-0.1, -0.05) is 26.0 Å². The molecular formula is C40H49F5N3O4Si. The van der Waals surface area contributed by atoms with Gasteiger partial charge in [-0.25, -0.2) is 8.78 Å². The van der Waals surface area contributed by atoms with Gasteiger partial charge in [-0.05, 0) is 132 Å². The second-order valence-corrected chi connectivity index (χ2v) is 15.8. The Morgan fingerprint density at radius 2 is 1.64 bits per heavy atom. The van der Waals surface area contributed by atoms with Crippen LogP contribution < -0.4 is 10.9 Å². The number of halogens is 5. The number of carbonyl (C=O) groups is 2. The lowest BCUT2D eigenvalue weighted by Gasteiger charge is -2.35. The fourth-order valence-corrected chi connectivity index (χ4v) is 7.48. The molecule has 1 unspecified atom stereocenters. The van der Waals surface area contributed by atoms with Gasteiger partial charge in [0.15, 0.2) is 0 Å². The SMILES string of the molecule is CCOC(=O)C[C@@]([Si])(NC(=O)C(CC(C)C)n1cc(CCCN(C)C)c(C(F)(F)F)cc1=O)c1c(F)c(C)cc(-c2c(C)cc(C3CC3)cc2C)c1F. The van der Waals surface area contributed by atoms with E-state index in [1.54, 1.807) is 34.9 Å². The van der Waals surface area contributed by atoms with Gasteiger partial charge in [-0.15, -0.1) is 0 Å². The Morgan fingerprint density at radius 1 is 1.02 bits per heavy atom. The Balaban J connectivity index is 1.88. The number of nitrogens with one attached hydrogen (secondary N) is 1. The maximum Gasteiger partial charge on any atom is 0.416 e. The molecule has 1 fully saturated rings. The van der Waals surface area contributed by atoms with E-state index in [4.69, 9.17) is 4.74 Å². The Morgan fingerprint density at radius 3 is 2.17 bits per heavy atom. The summed E-state index contributed by atoms with van der Waals surface area (Å²) in [6.45, 7) is 10.6. The third-order valence-corrected chi connectivity index (χ3v) is 10.1. The molecular weight excluding hydrogens is 710 g/mol. The molecule has 1 aliphatic carbocycles. The van der Waals surface area contributed by atoms with Crippen LogP contribution in [0.2, 0.25) is 0 Å². The number of esters is 1. The van der Waals surface area contributed by atoms with Crippen molar-refractivity contribution in [2.45, 2.75) is 103 Å². The summed E-state index contributed by atoms with van der Waals surface area (Å²) in [6.07, 6.45) is -2.10. The molecule has 1 amide bonds. The topological polar surface area (TPSA) is 80.6 Å². The smallest absolute Gasteiger partial charge is 0.416 e. The van der Waals surface area contributed by atoms with Crippen LogP contribution in [0.5, 0.6) is 0 Å². The highest BCUT2D eigenvalue weighted by molar-refractivity contribution is 6.18. The predicted octanol–water partition coefficient (Wildman–Crippen LogP) is 7.79. The Bertz CT molecular complexity index is 1880. The standard InChI is InChI=1S/C40H49F5N3O4Si/c1-9-52-33(50)20-39(53,35-36(41)25(6)18-29(37(35)42)34-23(4)16-28(17-24(34)5)26-12-13-26)46-38(51)31(15-22(2)3)48-21-27(11-10-14-47(7)8)30(19-32(48)49)40(43,44)45/h16-19,21-22,26,31H,9-15,20H2,1-8H3,(H,46,51)/t31?,39-/m0/s1. The van der Waals surface area contributed by atoms with Crippen LogP contribution in [-0.2, 0) is 32.1 Å². The largest absolute Gasteiger partial charge is 0.466 e. The quantitative estimate of drug-likeness (QED) is 0.0974. The van der Waals surface area contributed by atoms with Crippen molar-refractivity contribution in [2.24, 2.45) is 5.92 Å². The molecule has 1 N–H and O–H groups in total. The molecule has 53 heavy (non-hydrogen) atoms. The lowest BCUT2D eigenvalue weighted by molar-refractivity contribution is -0.144. The molecule has 287 valence electrons. The van der Waals surface area contributed by atoms with Gasteiger partial charge in [0.2, 0.25) is 5.91 Å². The van der Waals surface area contributed by atoms with Gasteiger partial charge in [0.1, 0.15) is 17.7 Å². The number of benzene rings is 2. The summed E-state index contributed by atoms with van der Waals surface area (Å²) < 4.78 is 81.9. The van der Waals surface area contributed by atoms with Crippen molar-refractivity contribution in [3.63, 3.8) is 0 Å². The van der Waals surface area contributed by atoms with Gasteiger partial charge in [-0.2, -0.15) is 13.2 Å². The fourth-order valence-electron chi connectivity index (χ4n) is 7.00. The van der Waals surface area contributed by atoms with E-state index in [1.165, 1.54) is 13.0 Å². The number of nitrogens with zero attached hydrogens (tertiary/aromatic N) is 2. The number of pyridine rings is 1. The highest BCUT2D eigenvalue weighted by atomic mass is 28.1. The van der Waals surface area contributed by atoms with Crippen molar-refractivity contribution in [1.82, 2.24) is 14.8 Å². The molecule has 1 aromatic heterocycles. The number of hydrogen-bond acceptors (Lipinski definition) is 5. The van der Waals surface area contributed by atoms with Crippen LogP contribution in [0.25, 0.3) is 11.1 Å². The van der Waals surface area contributed by atoms with Crippen LogP contribution in [-0.4, -0.2) is 58.8 Å². The van der Waals surface area contributed by atoms with Crippen LogP contribution in [0.1, 0.15) is 104 Å². The first-order valence-corrected chi connectivity index (χ1v) is 18.5. The van der Waals surface area contributed by atoms with E-state index in [0.717, 1.165) is 40.3 Å². The molecule has 3 aromatic rings. The second kappa shape index (κ2) is 16.7. The lowest BCUT2D eigenvalue weighted by atomic mass is 9.87. The number of amides is 1. The third kappa shape index (κ3) is 9.83. The van der Waals surface area contributed by atoms with Gasteiger partial charge in [0.05, 0.1) is 34.0 Å². The van der Waals surface area contributed by atoms with Crippen molar-refractivity contribution >= 4 is 22.1 Å². The number of aryl methyl sites for hydroxylation is 4. The predicted molar refractivity (Wildman–Crippen MR) is 196 cm³/mol. The molecule has 2 atom stereocenters. The summed E-state index contributed by atoms with van der Waals surface area (Å²) in [7, 11) is 7.00. The first-order valence-electron chi connectivity index (χ1n) is 18.0. The highest BCUT2D eigenvalue weighted by Gasteiger charge is 2.42. The minimum absolute atomic E-state index is 0.0221. The van der Waals surface area contributed by atoms with Gasteiger partial charge in [0, 0.05) is 23.4 Å². The first-order chi connectivity index (χ1) is 24.7. The molecule has 13 heteroatoms. The molecule has 0 saturated heterocycles. The monoisotopic (exact) mass is 758 g/mol. The van der Waals surface area contributed by atoms with E-state index in [0.29, 0.717) is 30.5 Å². The highest BCUT2D eigenvalue weighted by Crippen LogP contribution is 2.44. The zero-order valence-electron chi connectivity index (χ0n) is 31.7. The maximum atomic E-state index is 17.1. The van der Waals surface area contributed by atoms with E-state index in [-0.39, 0.29) is 42.1 Å². The summed E-state index contributed by atoms with van der Waals surface area (Å²) in [5, 5.41) is 0.364. The minimum Gasteiger partial charge on any atom is -0.466 e. The number of alkyl halides is 3. The molecule has 0 spiro atoms. The first kappa shape index (κ1) is 41.9. The van der Waals surface area contributed by atoms with E-state index in [1.807, 2.05) is 30.9 Å². The van der Waals surface area contributed by atoms with E-state index < -0.39 is 64.0 Å². The molecule has 3 radical (unpaired) electrons. The number of hydrogen-bond donors (Lipinski definition) is 1. The molecule has 4 rings (SSSR count). The van der Waals surface area contributed by atoms with Crippen LogP contribution in [0.15, 0.2) is 35.3 Å². The number of carbonyl (C=O) groups excluding carboxylic acids is 2. The van der Waals surface area contributed by atoms with Gasteiger partial charge in [0.25, 0.3) is 5.56 Å². The van der Waals surface area contributed by atoms with Crippen molar-refractivity contribution in [2.75, 3.05) is 27.2 Å². The van der Waals surface area contributed by atoms with Crippen molar-refractivity contribution in [3.8, 4) is 11.1 Å². The second-order valence-electron chi connectivity index (χ2n) is 14.9. The molecule has 1 saturated carbocycles. The minimum atomic E-state index is -4.82. The van der Waals surface area contributed by atoms with Crippen molar-refractivity contribution in [3.05, 3.63) is 91.4 Å². The van der Waals surface area contributed by atoms with Crippen LogP contribution in [0.4, 0.5) is 22.0 Å². The molecule has 1 aliphatic rings. The summed E-state index contributed by atoms with van der Waals surface area (Å²) >= 11 is 0. The van der Waals surface area contributed by atoms with E-state index >= 15 is 8.78 Å². The van der Waals surface area contributed by atoms with Crippen LogP contribution in [0, 0.1) is 38.3 Å². The third-order valence-electron chi connectivity index (χ3n) is 9.59. The molecule has 2 aromatic carbocycles. The van der Waals surface area contributed by atoms with Crippen molar-refractivity contribution in [1.29, 1.82) is 0 Å². The number of aromatic nitrogens is 1. The maximum absolute atomic E-state index is 17.1. The lowest BCUT2D eigenvalue weighted by Crippen LogP contribution is -2.52. The summed E-state index contributed by atoms with van der Waals surface area (Å²) in [6, 6.07) is 4.44. The molecule has 7 nitrogen and oxygen atoms in total. The van der Waals surface area contributed by atoms with E-state index in [9.17, 15) is 27.6 Å². The zero-order valence-corrected chi connectivity index (χ0v) is 32.7. The van der Waals surface area contributed by atoms with Crippen molar-refractivity contribution < 1.29 is 36.3 Å². The average Bonchev–Trinajstić information content (AvgIpc) is 3.88. The van der Waals surface area contributed by atoms with Gasteiger partial charge >= 0.3 is 12.1 Å². The zero-order chi connectivity index (χ0) is 39.6. The Kier molecular flexibility index (Phi) is 13.2. The average molecular weight is 759 g/mol. The van der Waals surface area contributed by atoms with Crippen LogP contribution in [0.3, 0.4) is 0 Å². The molecule has 1 heterocycles. The summed E-state index contributed by atoms with van der Waals surface area (Å²) in [5.74, 6) is -3.69. The van der Waals surface area contributed by atoms with Crippen LogP contribution >= 0.6 is 0 Å². The number of rotatable bonds is 15.